The summed E-state index contributed by atoms with van der Waals surface area (Å²) in [5, 5.41) is 3.22. The molecule has 1 fully saturated rings. The second-order valence-corrected chi connectivity index (χ2v) is 5.62. The van der Waals surface area contributed by atoms with Gasteiger partial charge in [0.2, 0.25) is 0 Å². The van der Waals surface area contributed by atoms with Gasteiger partial charge in [0.05, 0.1) is 12.6 Å². The topological polar surface area (TPSA) is 41.6 Å². The molecule has 2 aliphatic rings. The third kappa shape index (κ3) is 2.58. The molecule has 4 heteroatoms. The van der Waals surface area contributed by atoms with Gasteiger partial charge in [-0.3, -0.25) is 4.79 Å². The molecule has 1 aromatic rings. The summed E-state index contributed by atoms with van der Waals surface area (Å²) in [6.07, 6.45) is 2.97. The number of amides is 1. The molecule has 20 heavy (non-hydrogen) atoms. The molecular formula is C16H22N2O2. The van der Waals surface area contributed by atoms with Gasteiger partial charge in [0.1, 0.15) is 6.10 Å². The summed E-state index contributed by atoms with van der Waals surface area (Å²) in [7, 11) is 1.91. The number of rotatable bonds is 2. The SMILES string of the molecule is CN(C(=O)C1CNCCO1)C1CCCc2ccccc21. The molecule has 1 amide bonds. The molecule has 2 atom stereocenters. The lowest BCUT2D eigenvalue weighted by Crippen LogP contribution is -2.49. The van der Waals surface area contributed by atoms with Crippen LogP contribution in [0.2, 0.25) is 0 Å². The summed E-state index contributed by atoms with van der Waals surface area (Å²) in [6, 6.07) is 8.67. The van der Waals surface area contributed by atoms with Gasteiger partial charge < -0.3 is 15.0 Å². The first kappa shape index (κ1) is 13.6. The molecule has 1 N–H and O–H groups in total. The number of carbonyl (C=O) groups is 1. The number of nitrogens with zero attached hydrogens (tertiary/aromatic N) is 1. The van der Waals surface area contributed by atoms with Crippen molar-refractivity contribution in [2.24, 2.45) is 0 Å². The van der Waals surface area contributed by atoms with Crippen LogP contribution in [0, 0.1) is 0 Å². The average Bonchev–Trinajstić information content (AvgIpc) is 2.54. The van der Waals surface area contributed by atoms with Crippen LogP contribution in [0.25, 0.3) is 0 Å². The molecule has 1 aliphatic carbocycles. The van der Waals surface area contributed by atoms with Crippen molar-refractivity contribution >= 4 is 5.91 Å². The second-order valence-electron chi connectivity index (χ2n) is 5.62. The fraction of sp³-hybridized carbons (Fsp3) is 0.562. The lowest BCUT2D eigenvalue weighted by molar-refractivity contribution is -0.146. The molecule has 1 aliphatic heterocycles. The van der Waals surface area contributed by atoms with Gasteiger partial charge in [0, 0.05) is 20.1 Å². The maximum atomic E-state index is 12.6. The van der Waals surface area contributed by atoms with Gasteiger partial charge in [-0.1, -0.05) is 24.3 Å². The first-order valence-electron chi connectivity index (χ1n) is 7.44. The first-order valence-corrected chi connectivity index (χ1v) is 7.44. The highest BCUT2D eigenvalue weighted by atomic mass is 16.5. The maximum Gasteiger partial charge on any atom is 0.253 e. The van der Waals surface area contributed by atoms with E-state index in [1.807, 2.05) is 11.9 Å². The molecule has 2 unspecified atom stereocenters. The summed E-state index contributed by atoms with van der Waals surface area (Å²) >= 11 is 0. The van der Waals surface area contributed by atoms with E-state index in [2.05, 4.69) is 29.6 Å². The van der Waals surface area contributed by atoms with Crippen LogP contribution in [0.15, 0.2) is 24.3 Å². The number of benzene rings is 1. The van der Waals surface area contributed by atoms with E-state index in [1.54, 1.807) is 0 Å². The standard InChI is InChI=1S/C16H22N2O2/c1-18(16(19)15-11-17-9-10-20-15)14-8-4-6-12-5-2-3-7-13(12)14/h2-3,5,7,14-15,17H,4,6,8-11H2,1H3. The molecule has 0 bridgehead atoms. The Balaban J connectivity index is 1.77. The van der Waals surface area contributed by atoms with Crippen molar-refractivity contribution in [1.29, 1.82) is 0 Å². The Morgan fingerprint density at radius 3 is 3.05 bits per heavy atom. The normalized spacial score (nSPS) is 25.9. The first-order chi connectivity index (χ1) is 9.77. The van der Waals surface area contributed by atoms with Crippen molar-refractivity contribution < 1.29 is 9.53 Å². The zero-order chi connectivity index (χ0) is 13.9. The number of aryl methyl sites for hydroxylation is 1. The van der Waals surface area contributed by atoms with Crippen molar-refractivity contribution in [3.63, 3.8) is 0 Å². The number of ether oxygens (including phenoxy) is 1. The number of carbonyl (C=O) groups excluding carboxylic acids is 1. The zero-order valence-electron chi connectivity index (χ0n) is 12.0. The Hall–Kier alpha value is -1.39. The van der Waals surface area contributed by atoms with Crippen molar-refractivity contribution in [2.45, 2.75) is 31.4 Å². The van der Waals surface area contributed by atoms with Crippen LogP contribution in [-0.4, -0.2) is 43.7 Å². The summed E-state index contributed by atoms with van der Waals surface area (Å²) in [5.41, 5.74) is 2.68. The van der Waals surface area contributed by atoms with Crippen LogP contribution in [0.3, 0.4) is 0 Å². The van der Waals surface area contributed by atoms with Gasteiger partial charge in [-0.15, -0.1) is 0 Å². The van der Waals surface area contributed by atoms with E-state index in [0.29, 0.717) is 13.2 Å². The fourth-order valence-corrected chi connectivity index (χ4v) is 3.24. The van der Waals surface area contributed by atoms with Crippen molar-refractivity contribution in [2.75, 3.05) is 26.7 Å². The molecular weight excluding hydrogens is 252 g/mol. The third-order valence-corrected chi connectivity index (χ3v) is 4.36. The lowest BCUT2D eigenvalue weighted by atomic mass is 9.87. The van der Waals surface area contributed by atoms with Crippen molar-refractivity contribution in [3.8, 4) is 0 Å². The van der Waals surface area contributed by atoms with E-state index in [-0.39, 0.29) is 18.1 Å². The van der Waals surface area contributed by atoms with Gasteiger partial charge in [-0.2, -0.15) is 0 Å². The largest absolute Gasteiger partial charge is 0.366 e. The monoisotopic (exact) mass is 274 g/mol. The number of hydrogen-bond acceptors (Lipinski definition) is 3. The van der Waals surface area contributed by atoms with E-state index in [1.165, 1.54) is 11.1 Å². The van der Waals surface area contributed by atoms with E-state index in [4.69, 9.17) is 4.74 Å². The van der Waals surface area contributed by atoms with Gasteiger partial charge >= 0.3 is 0 Å². The predicted octanol–water partition coefficient (Wildman–Crippen LogP) is 1.51. The highest BCUT2D eigenvalue weighted by Gasteiger charge is 2.31. The highest BCUT2D eigenvalue weighted by molar-refractivity contribution is 5.81. The smallest absolute Gasteiger partial charge is 0.253 e. The Morgan fingerprint density at radius 2 is 2.25 bits per heavy atom. The minimum Gasteiger partial charge on any atom is -0.366 e. The molecule has 0 aromatic heterocycles. The minimum absolute atomic E-state index is 0.0962. The number of likely N-dealkylation sites (N-methyl/N-ethyl adjacent to an activating group) is 1. The number of morpholine rings is 1. The van der Waals surface area contributed by atoms with Gasteiger partial charge in [0.25, 0.3) is 5.91 Å². The molecule has 1 heterocycles. The van der Waals surface area contributed by atoms with Crippen molar-refractivity contribution in [1.82, 2.24) is 10.2 Å². The predicted molar refractivity (Wildman–Crippen MR) is 77.5 cm³/mol. The number of fused-ring (bicyclic) bond motifs is 1. The Morgan fingerprint density at radius 1 is 1.40 bits per heavy atom. The van der Waals surface area contributed by atoms with E-state index in [0.717, 1.165) is 25.8 Å². The second kappa shape index (κ2) is 5.94. The molecule has 0 radical (unpaired) electrons. The lowest BCUT2D eigenvalue weighted by Gasteiger charge is -2.36. The average molecular weight is 274 g/mol. The summed E-state index contributed by atoms with van der Waals surface area (Å²) < 4.78 is 5.59. The zero-order valence-corrected chi connectivity index (χ0v) is 12.0. The van der Waals surface area contributed by atoms with E-state index >= 15 is 0 Å². The Labute approximate surface area is 120 Å². The van der Waals surface area contributed by atoms with Crippen LogP contribution in [-0.2, 0) is 16.0 Å². The molecule has 108 valence electrons. The third-order valence-electron chi connectivity index (χ3n) is 4.36. The van der Waals surface area contributed by atoms with Crippen LogP contribution in [0.1, 0.15) is 30.0 Å². The summed E-state index contributed by atoms with van der Waals surface area (Å²) in [5.74, 6) is 0.0962. The summed E-state index contributed by atoms with van der Waals surface area (Å²) in [6.45, 7) is 2.07. The van der Waals surface area contributed by atoms with E-state index < -0.39 is 0 Å². The Bertz CT molecular complexity index is 483. The molecule has 1 aromatic carbocycles. The molecule has 1 saturated heterocycles. The fourth-order valence-electron chi connectivity index (χ4n) is 3.24. The van der Waals surface area contributed by atoms with Gasteiger partial charge in [0.15, 0.2) is 0 Å². The van der Waals surface area contributed by atoms with Crippen molar-refractivity contribution in [3.05, 3.63) is 35.4 Å². The Kier molecular flexibility index (Phi) is 4.03. The van der Waals surface area contributed by atoms with Crippen LogP contribution in [0.4, 0.5) is 0 Å². The molecule has 3 rings (SSSR count). The van der Waals surface area contributed by atoms with Crippen LogP contribution in [0.5, 0.6) is 0 Å². The number of nitrogens with one attached hydrogen (secondary N) is 1. The van der Waals surface area contributed by atoms with Crippen LogP contribution < -0.4 is 5.32 Å². The van der Waals surface area contributed by atoms with Crippen LogP contribution >= 0.6 is 0 Å². The molecule has 0 spiro atoms. The number of hydrogen-bond donors (Lipinski definition) is 1. The van der Waals surface area contributed by atoms with Gasteiger partial charge in [-0.05, 0) is 30.4 Å². The minimum atomic E-state index is -0.331. The molecule has 0 saturated carbocycles. The highest BCUT2D eigenvalue weighted by Crippen LogP contribution is 2.33. The van der Waals surface area contributed by atoms with E-state index in [9.17, 15) is 4.79 Å². The maximum absolute atomic E-state index is 12.6. The quantitative estimate of drug-likeness (QED) is 0.889. The summed E-state index contributed by atoms with van der Waals surface area (Å²) in [4.78, 5) is 14.5. The molecule has 4 nitrogen and oxygen atoms in total. The van der Waals surface area contributed by atoms with Gasteiger partial charge in [-0.25, -0.2) is 0 Å².